The number of ether oxygens (including phenoxy) is 2. The van der Waals surface area contributed by atoms with E-state index in [2.05, 4.69) is 21.5 Å². The Bertz CT molecular complexity index is 621. The van der Waals surface area contributed by atoms with Gasteiger partial charge >= 0.3 is 0 Å². The summed E-state index contributed by atoms with van der Waals surface area (Å²) in [6, 6.07) is 0. The molecule has 3 rings (SSSR count). The lowest BCUT2D eigenvalue weighted by Gasteiger charge is -2.26. The number of fused-ring (bicyclic) bond motifs is 1. The molecule has 7 nitrogen and oxygen atoms in total. The van der Waals surface area contributed by atoms with Gasteiger partial charge < -0.3 is 19.8 Å². The first-order chi connectivity index (χ1) is 10.3. The number of nitrogens with two attached hydrogens (primary N) is 1. The molecule has 0 bridgehead atoms. The molecule has 3 heterocycles. The minimum absolute atomic E-state index is 0.156. The molecule has 0 aliphatic carbocycles. The van der Waals surface area contributed by atoms with Crippen LogP contribution in [0.1, 0.15) is 19.3 Å². The second kappa shape index (κ2) is 6.19. The van der Waals surface area contributed by atoms with Crippen LogP contribution in [0.25, 0.3) is 11.2 Å². The van der Waals surface area contributed by atoms with E-state index in [1.165, 1.54) is 6.33 Å². The lowest BCUT2D eigenvalue weighted by Crippen LogP contribution is -2.29. The van der Waals surface area contributed by atoms with Gasteiger partial charge in [0.15, 0.2) is 17.8 Å². The van der Waals surface area contributed by atoms with Gasteiger partial charge in [-0.15, -0.1) is 6.58 Å². The highest BCUT2D eigenvalue weighted by molar-refractivity contribution is 5.81. The van der Waals surface area contributed by atoms with Crippen LogP contribution >= 0.6 is 0 Å². The topological polar surface area (TPSA) is 88.1 Å². The highest BCUT2D eigenvalue weighted by Gasteiger charge is 2.19. The van der Waals surface area contributed by atoms with E-state index < -0.39 is 0 Å². The zero-order valence-electron chi connectivity index (χ0n) is 11.8. The summed E-state index contributed by atoms with van der Waals surface area (Å²) in [5.41, 5.74) is 7.09. The summed E-state index contributed by atoms with van der Waals surface area (Å²) in [4.78, 5) is 12.4. The van der Waals surface area contributed by atoms with Crippen LogP contribution in [0.15, 0.2) is 25.3 Å². The standard InChI is InChI=1S/C14H19N5O2/c1-2-10(21-11-5-3-4-6-20-11)7-19-9-18-12-13(15)16-8-17-14(12)19/h2,8-11H,1,3-7H2,(H2,15,16,17)/t10-,11?/m1/s1. The zero-order chi connectivity index (χ0) is 14.7. The summed E-state index contributed by atoms with van der Waals surface area (Å²) in [6.07, 6.45) is 7.73. The van der Waals surface area contributed by atoms with Gasteiger partial charge in [-0.3, -0.25) is 0 Å². The first-order valence-corrected chi connectivity index (χ1v) is 7.09. The quantitative estimate of drug-likeness (QED) is 0.839. The molecule has 1 saturated heterocycles. The van der Waals surface area contributed by atoms with E-state index in [1.807, 2.05) is 4.57 Å². The summed E-state index contributed by atoms with van der Waals surface area (Å²) in [5.74, 6) is 0.380. The number of aromatic nitrogens is 4. The molecule has 1 unspecified atom stereocenters. The van der Waals surface area contributed by atoms with E-state index in [-0.39, 0.29) is 12.4 Å². The third kappa shape index (κ3) is 3.03. The van der Waals surface area contributed by atoms with Crippen LogP contribution in [-0.2, 0) is 16.0 Å². The summed E-state index contributed by atoms with van der Waals surface area (Å²) in [6.45, 7) is 5.15. The molecule has 2 atom stereocenters. The van der Waals surface area contributed by atoms with Crippen molar-refractivity contribution in [3.8, 4) is 0 Å². The van der Waals surface area contributed by atoms with E-state index in [0.29, 0.717) is 23.5 Å². The maximum atomic E-state index is 5.93. The fraction of sp³-hybridized carbons (Fsp3) is 0.500. The predicted octanol–water partition coefficient (Wildman–Crippen LogP) is 1.51. The van der Waals surface area contributed by atoms with Gasteiger partial charge in [0.2, 0.25) is 0 Å². The van der Waals surface area contributed by atoms with Crippen molar-refractivity contribution in [2.75, 3.05) is 12.3 Å². The van der Waals surface area contributed by atoms with Crippen LogP contribution in [0.5, 0.6) is 0 Å². The number of rotatable bonds is 5. The van der Waals surface area contributed by atoms with Crippen molar-refractivity contribution in [2.45, 2.75) is 38.2 Å². The fourth-order valence-corrected chi connectivity index (χ4v) is 2.41. The second-order valence-electron chi connectivity index (χ2n) is 5.03. The number of imidazole rings is 1. The number of nitrogen functional groups attached to an aromatic ring is 1. The van der Waals surface area contributed by atoms with Gasteiger partial charge in [-0.2, -0.15) is 0 Å². The van der Waals surface area contributed by atoms with E-state index in [1.54, 1.807) is 12.4 Å². The van der Waals surface area contributed by atoms with Crippen LogP contribution in [0.2, 0.25) is 0 Å². The van der Waals surface area contributed by atoms with Crippen molar-refractivity contribution in [2.24, 2.45) is 0 Å². The molecule has 0 saturated carbocycles. The Balaban J connectivity index is 1.73. The van der Waals surface area contributed by atoms with Gasteiger partial charge in [0.1, 0.15) is 11.8 Å². The van der Waals surface area contributed by atoms with Gasteiger partial charge in [-0.1, -0.05) is 6.08 Å². The first kappa shape index (κ1) is 14.0. The molecule has 1 fully saturated rings. The summed E-state index contributed by atoms with van der Waals surface area (Å²) in [5, 5.41) is 0. The van der Waals surface area contributed by atoms with Crippen molar-refractivity contribution < 1.29 is 9.47 Å². The molecule has 112 valence electrons. The Morgan fingerprint density at radius 1 is 1.48 bits per heavy atom. The van der Waals surface area contributed by atoms with Crippen LogP contribution in [0.3, 0.4) is 0 Å². The van der Waals surface area contributed by atoms with E-state index in [0.717, 1.165) is 25.9 Å². The third-order valence-corrected chi connectivity index (χ3v) is 3.53. The summed E-state index contributed by atoms with van der Waals surface area (Å²) >= 11 is 0. The molecule has 0 aromatic carbocycles. The molecule has 1 aliphatic rings. The van der Waals surface area contributed by atoms with Crippen molar-refractivity contribution in [1.29, 1.82) is 0 Å². The molecule has 21 heavy (non-hydrogen) atoms. The molecule has 0 amide bonds. The monoisotopic (exact) mass is 289 g/mol. The van der Waals surface area contributed by atoms with Crippen molar-refractivity contribution >= 4 is 17.0 Å². The molecule has 2 N–H and O–H groups in total. The van der Waals surface area contributed by atoms with E-state index in [9.17, 15) is 0 Å². The lowest BCUT2D eigenvalue weighted by molar-refractivity contribution is -0.180. The van der Waals surface area contributed by atoms with E-state index in [4.69, 9.17) is 15.2 Å². The smallest absolute Gasteiger partial charge is 0.165 e. The Kier molecular flexibility index (Phi) is 4.12. The first-order valence-electron chi connectivity index (χ1n) is 7.09. The van der Waals surface area contributed by atoms with Crippen molar-refractivity contribution in [3.05, 3.63) is 25.3 Å². The molecule has 7 heteroatoms. The molecular weight excluding hydrogens is 270 g/mol. The fourth-order valence-electron chi connectivity index (χ4n) is 2.41. The average molecular weight is 289 g/mol. The van der Waals surface area contributed by atoms with Crippen LogP contribution in [-0.4, -0.2) is 38.5 Å². The number of nitrogens with zero attached hydrogens (tertiary/aromatic N) is 4. The summed E-state index contributed by atoms with van der Waals surface area (Å²) < 4.78 is 13.4. The maximum Gasteiger partial charge on any atom is 0.165 e. The molecular formula is C14H19N5O2. The Hall–Kier alpha value is -1.99. The number of hydrogen-bond donors (Lipinski definition) is 1. The van der Waals surface area contributed by atoms with E-state index >= 15 is 0 Å². The zero-order valence-corrected chi connectivity index (χ0v) is 11.8. The maximum absolute atomic E-state index is 5.93. The minimum Gasteiger partial charge on any atom is -0.382 e. The van der Waals surface area contributed by atoms with Gasteiger partial charge in [0.05, 0.1) is 19.0 Å². The minimum atomic E-state index is -0.165. The van der Waals surface area contributed by atoms with Crippen LogP contribution < -0.4 is 5.73 Å². The van der Waals surface area contributed by atoms with Crippen molar-refractivity contribution in [3.63, 3.8) is 0 Å². The van der Waals surface area contributed by atoms with Crippen LogP contribution in [0, 0.1) is 0 Å². The third-order valence-electron chi connectivity index (χ3n) is 3.53. The number of anilines is 1. The second-order valence-corrected chi connectivity index (χ2v) is 5.03. The molecule has 1 aliphatic heterocycles. The molecule has 0 radical (unpaired) electrons. The van der Waals surface area contributed by atoms with Gasteiger partial charge in [0.25, 0.3) is 0 Å². The van der Waals surface area contributed by atoms with Crippen molar-refractivity contribution in [1.82, 2.24) is 19.5 Å². The van der Waals surface area contributed by atoms with Gasteiger partial charge in [-0.05, 0) is 19.3 Å². The highest BCUT2D eigenvalue weighted by atomic mass is 16.7. The lowest BCUT2D eigenvalue weighted by atomic mass is 10.2. The molecule has 2 aromatic heterocycles. The van der Waals surface area contributed by atoms with Gasteiger partial charge in [0, 0.05) is 6.61 Å². The molecule has 2 aromatic rings. The average Bonchev–Trinajstić information content (AvgIpc) is 2.92. The normalized spacial score (nSPS) is 20.5. The molecule has 0 spiro atoms. The Morgan fingerprint density at radius 3 is 3.14 bits per heavy atom. The predicted molar refractivity (Wildman–Crippen MR) is 78.4 cm³/mol. The largest absolute Gasteiger partial charge is 0.382 e. The Morgan fingerprint density at radius 2 is 2.38 bits per heavy atom. The Labute approximate surface area is 122 Å². The van der Waals surface area contributed by atoms with Crippen LogP contribution in [0.4, 0.5) is 5.82 Å². The number of hydrogen-bond acceptors (Lipinski definition) is 6. The highest BCUT2D eigenvalue weighted by Crippen LogP contribution is 2.18. The SMILES string of the molecule is C=C[C@H](Cn1cnc2c(N)ncnc21)OC1CCCCO1. The van der Waals surface area contributed by atoms with Gasteiger partial charge in [-0.25, -0.2) is 15.0 Å². The summed E-state index contributed by atoms with van der Waals surface area (Å²) in [7, 11) is 0.